The minimum atomic E-state index is -0.612. The van der Waals surface area contributed by atoms with Gasteiger partial charge in [0, 0.05) is 18.4 Å². The highest BCUT2D eigenvalue weighted by Crippen LogP contribution is 2.30. The van der Waals surface area contributed by atoms with E-state index in [2.05, 4.69) is 20.0 Å². The normalized spacial score (nSPS) is 19.8. The van der Waals surface area contributed by atoms with Crippen LogP contribution in [0.5, 0.6) is 0 Å². The zero-order chi connectivity index (χ0) is 14.7. The Morgan fingerprint density at radius 1 is 1.60 bits per heavy atom. The second kappa shape index (κ2) is 5.94. The van der Waals surface area contributed by atoms with Gasteiger partial charge < -0.3 is 19.9 Å². The number of likely N-dealkylation sites (tertiary alicyclic amines) is 1. The average Bonchev–Trinajstić information content (AvgIpc) is 3.05. The van der Waals surface area contributed by atoms with Crippen molar-refractivity contribution in [3.8, 4) is 0 Å². The molecule has 2 rings (SSSR count). The molecular formula is C13H20N4O3. The molecule has 0 saturated carbocycles. The van der Waals surface area contributed by atoms with Gasteiger partial charge in [-0.05, 0) is 26.7 Å². The second-order valence-electron chi connectivity index (χ2n) is 5.00. The Morgan fingerprint density at radius 3 is 2.95 bits per heavy atom. The number of alkyl carbamates (subject to hydrolysis) is 1. The van der Waals surface area contributed by atoms with Gasteiger partial charge in [0.1, 0.15) is 11.9 Å². The fourth-order valence-corrected chi connectivity index (χ4v) is 2.46. The van der Waals surface area contributed by atoms with Crippen LogP contribution >= 0.6 is 0 Å². The molecule has 7 heteroatoms. The standard InChI is InChI=1S/C13H20N4O3/c1-8-7-14-11(15-8)10-5-4-6-17(10)12(18)9(2)16-13(19)20-3/h7,9-10H,4-6H2,1-3H3,(H,14,15)(H,16,19)/t9-,10-/m0/s1. The maximum Gasteiger partial charge on any atom is 0.407 e. The third-order valence-corrected chi connectivity index (χ3v) is 3.46. The van der Waals surface area contributed by atoms with Gasteiger partial charge in [0.2, 0.25) is 5.91 Å². The molecule has 1 aromatic rings. The van der Waals surface area contributed by atoms with Gasteiger partial charge in [-0.25, -0.2) is 9.78 Å². The van der Waals surface area contributed by atoms with E-state index in [1.165, 1.54) is 7.11 Å². The number of H-pyrrole nitrogens is 1. The lowest BCUT2D eigenvalue weighted by molar-refractivity contribution is -0.134. The third kappa shape index (κ3) is 2.92. The van der Waals surface area contributed by atoms with E-state index in [0.717, 1.165) is 24.4 Å². The summed E-state index contributed by atoms with van der Waals surface area (Å²) >= 11 is 0. The number of hydrogen-bond acceptors (Lipinski definition) is 4. The lowest BCUT2D eigenvalue weighted by atomic mass is 10.2. The minimum absolute atomic E-state index is 0.0434. The Hall–Kier alpha value is -2.05. The first-order valence-electron chi connectivity index (χ1n) is 6.69. The van der Waals surface area contributed by atoms with Crippen molar-refractivity contribution in [1.29, 1.82) is 0 Å². The van der Waals surface area contributed by atoms with Gasteiger partial charge in [0.05, 0.1) is 13.2 Å². The molecule has 2 heterocycles. The Labute approximate surface area is 117 Å². The first-order chi connectivity index (χ1) is 9.52. The van der Waals surface area contributed by atoms with Crippen molar-refractivity contribution in [2.45, 2.75) is 38.8 Å². The number of carbonyl (C=O) groups is 2. The smallest absolute Gasteiger partial charge is 0.407 e. The summed E-state index contributed by atoms with van der Waals surface area (Å²) in [6, 6.07) is -0.655. The number of aromatic nitrogens is 2. The van der Waals surface area contributed by atoms with Crippen LogP contribution in [0, 0.1) is 6.92 Å². The summed E-state index contributed by atoms with van der Waals surface area (Å²) in [6.45, 7) is 4.26. The average molecular weight is 280 g/mol. The number of imidazole rings is 1. The van der Waals surface area contributed by atoms with Crippen molar-refractivity contribution in [2.75, 3.05) is 13.7 Å². The first-order valence-corrected chi connectivity index (χ1v) is 6.69. The summed E-state index contributed by atoms with van der Waals surface area (Å²) in [4.78, 5) is 32.8. The molecule has 7 nitrogen and oxygen atoms in total. The number of carbonyl (C=O) groups excluding carboxylic acids is 2. The maximum atomic E-state index is 12.4. The van der Waals surface area contributed by atoms with Crippen LogP contribution < -0.4 is 5.32 Å². The third-order valence-electron chi connectivity index (χ3n) is 3.46. The quantitative estimate of drug-likeness (QED) is 0.868. The maximum absolute atomic E-state index is 12.4. The summed E-state index contributed by atoms with van der Waals surface area (Å²) in [5, 5.41) is 2.50. The van der Waals surface area contributed by atoms with Gasteiger partial charge >= 0.3 is 6.09 Å². The number of aromatic amines is 1. The van der Waals surface area contributed by atoms with E-state index in [9.17, 15) is 9.59 Å². The second-order valence-corrected chi connectivity index (χ2v) is 5.00. The van der Waals surface area contributed by atoms with Gasteiger partial charge in [0.15, 0.2) is 0 Å². The Kier molecular flexibility index (Phi) is 4.26. The molecule has 2 N–H and O–H groups in total. The van der Waals surface area contributed by atoms with E-state index in [1.54, 1.807) is 18.0 Å². The minimum Gasteiger partial charge on any atom is -0.453 e. The van der Waals surface area contributed by atoms with Crippen LogP contribution in [-0.2, 0) is 9.53 Å². The largest absolute Gasteiger partial charge is 0.453 e. The van der Waals surface area contributed by atoms with Crippen molar-refractivity contribution < 1.29 is 14.3 Å². The predicted molar refractivity (Wildman–Crippen MR) is 72.0 cm³/mol. The molecule has 0 aliphatic carbocycles. The lowest BCUT2D eigenvalue weighted by Crippen LogP contribution is -2.46. The number of hydrogen-bond donors (Lipinski definition) is 2. The Morgan fingerprint density at radius 2 is 2.35 bits per heavy atom. The first kappa shape index (κ1) is 14.4. The number of nitrogens with zero attached hydrogens (tertiary/aromatic N) is 2. The number of nitrogens with one attached hydrogen (secondary N) is 2. The summed E-state index contributed by atoms with van der Waals surface area (Å²) in [5.41, 5.74) is 0.972. The van der Waals surface area contributed by atoms with Gasteiger partial charge in [-0.1, -0.05) is 0 Å². The van der Waals surface area contributed by atoms with Crippen LogP contribution in [0.4, 0.5) is 4.79 Å². The van der Waals surface area contributed by atoms with Crippen LogP contribution in [0.25, 0.3) is 0 Å². The number of methoxy groups -OCH3 is 1. The predicted octanol–water partition coefficient (Wildman–Crippen LogP) is 1.13. The number of amides is 2. The molecule has 1 fully saturated rings. The summed E-state index contributed by atoms with van der Waals surface area (Å²) in [6.07, 6.45) is 2.97. The van der Waals surface area contributed by atoms with Crippen molar-refractivity contribution in [1.82, 2.24) is 20.2 Å². The fraction of sp³-hybridized carbons (Fsp3) is 0.615. The number of rotatable bonds is 3. The number of aryl methyl sites for hydroxylation is 1. The summed E-state index contributed by atoms with van der Waals surface area (Å²) < 4.78 is 4.51. The van der Waals surface area contributed by atoms with Gasteiger partial charge in [-0.15, -0.1) is 0 Å². The lowest BCUT2D eigenvalue weighted by Gasteiger charge is -2.26. The molecule has 20 heavy (non-hydrogen) atoms. The molecule has 2 atom stereocenters. The van der Waals surface area contributed by atoms with Crippen LogP contribution in [-0.4, -0.2) is 46.6 Å². The van der Waals surface area contributed by atoms with Crippen LogP contribution in [0.15, 0.2) is 6.20 Å². The van der Waals surface area contributed by atoms with Crippen molar-refractivity contribution in [2.24, 2.45) is 0 Å². The van der Waals surface area contributed by atoms with Gasteiger partial charge in [0.25, 0.3) is 0 Å². The van der Waals surface area contributed by atoms with Crippen molar-refractivity contribution in [3.05, 3.63) is 17.7 Å². The van der Waals surface area contributed by atoms with E-state index in [4.69, 9.17) is 0 Å². The molecule has 0 bridgehead atoms. The molecule has 1 aliphatic rings. The van der Waals surface area contributed by atoms with E-state index >= 15 is 0 Å². The molecular weight excluding hydrogens is 260 g/mol. The molecule has 2 amide bonds. The molecule has 1 aromatic heterocycles. The zero-order valence-electron chi connectivity index (χ0n) is 12.0. The van der Waals surface area contributed by atoms with Gasteiger partial charge in [-0.3, -0.25) is 4.79 Å². The van der Waals surface area contributed by atoms with E-state index in [1.807, 2.05) is 6.92 Å². The molecule has 0 unspecified atom stereocenters. The fourth-order valence-electron chi connectivity index (χ4n) is 2.46. The van der Waals surface area contributed by atoms with E-state index in [0.29, 0.717) is 6.54 Å². The summed E-state index contributed by atoms with van der Waals surface area (Å²) in [7, 11) is 1.27. The summed E-state index contributed by atoms with van der Waals surface area (Å²) in [5.74, 6) is 0.686. The van der Waals surface area contributed by atoms with E-state index in [-0.39, 0.29) is 11.9 Å². The van der Waals surface area contributed by atoms with Gasteiger partial charge in [-0.2, -0.15) is 0 Å². The molecule has 1 aliphatic heterocycles. The SMILES string of the molecule is COC(=O)N[C@@H](C)C(=O)N1CCC[C@H]1c1ncc(C)[nH]1. The van der Waals surface area contributed by atoms with E-state index < -0.39 is 12.1 Å². The zero-order valence-corrected chi connectivity index (χ0v) is 12.0. The molecule has 0 aromatic carbocycles. The van der Waals surface area contributed by atoms with Crippen molar-refractivity contribution >= 4 is 12.0 Å². The number of ether oxygens (including phenoxy) is 1. The molecule has 1 saturated heterocycles. The molecule has 110 valence electrons. The van der Waals surface area contributed by atoms with Crippen LogP contribution in [0.1, 0.15) is 37.3 Å². The highest BCUT2D eigenvalue weighted by molar-refractivity contribution is 5.85. The topological polar surface area (TPSA) is 87.3 Å². The van der Waals surface area contributed by atoms with Crippen LogP contribution in [0.2, 0.25) is 0 Å². The Bertz CT molecular complexity index is 500. The van der Waals surface area contributed by atoms with Crippen molar-refractivity contribution in [3.63, 3.8) is 0 Å². The highest BCUT2D eigenvalue weighted by atomic mass is 16.5. The molecule has 0 radical (unpaired) electrons. The highest BCUT2D eigenvalue weighted by Gasteiger charge is 2.34. The molecule has 0 spiro atoms. The Balaban J connectivity index is 2.06. The monoisotopic (exact) mass is 280 g/mol. The van der Waals surface area contributed by atoms with Crippen LogP contribution in [0.3, 0.4) is 0 Å².